The Morgan fingerprint density at radius 3 is 1.47 bits per heavy atom. The molecule has 0 saturated carbocycles. The number of benzene rings is 9. The highest BCUT2D eigenvalue weighted by molar-refractivity contribution is 7.26. The van der Waals surface area contributed by atoms with E-state index in [-0.39, 0.29) is 0 Å². The molecule has 5 heteroatoms. The standard InChI is InChI=1S/C63H40N4S/c1-64-62(67-63(65-2)40-30-33-51-54-26-14-34-66-60(54)53-23-10-9-18-45(53)44-17-5-8-21-48(44)58(51)37-40)39-29-32-50-49-31-28-38(41-24-13-25-55-52-22-11-12-27-59(52)68-61(41)55)35-56(49)46-19-6-3-15-42(46)43-16-4-7-20-47(43)57(50)36-39/h3-37H,2H2,1H3. The molecule has 0 bridgehead atoms. The predicted molar refractivity (Wildman–Crippen MR) is 288 cm³/mol. The van der Waals surface area contributed by atoms with Gasteiger partial charge in [0.2, 0.25) is 0 Å². The normalized spacial score (nSPS) is 12.4. The lowest BCUT2D eigenvalue weighted by Gasteiger charge is -2.24. The average molecular weight is 885 g/mol. The zero-order chi connectivity index (χ0) is 45.3. The van der Waals surface area contributed by atoms with Crippen molar-refractivity contribution in [1.82, 2.24) is 4.98 Å². The fraction of sp³-hybridized carbons (Fsp3) is 0.0159. The molecule has 13 rings (SSSR count). The van der Waals surface area contributed by atoms with Crippen LogP contribution in [-0.4, -0.2) is 30.4 Å². The molecule has 0 fully saturated rings. The number of fused-ring (bicyclic) bond motifs is 19. The highest BCUT2D eigenvalue weighted by Gasteiger charge is 2.26. The zero-order valence-corrected chi connectivity index (χ0v) is 37.9. The first kappa shape index (κ1) is 39.7. The molecule has 0 aliphatic heterocycles. The van der Waals surface area contributed by atoms with Crippen LogP contribution in [0.4, 0.5) is 0 Å². The minimum Gasteiger partial charge on any atom is -0.270 e. The first-order valence-corrected chi connectivity index (χ1v) is 23.7. The Bertz CT molecular complexity index is 3960. The Balaban J connectivity index is 0.953. The van der Waals surface area contributed by atoms with Gasteiger partial charge in [0, 0.05) is 55.7 Å². The highest BCUT2D eigenvalue weighted by Crippen LogP contribution is 2.51. The maximum atomic E-state index is 5.22. The molecule has 9 aromatic carbocycles. The molecule has 2 aliphatic rings. The second-order valence-corrected chi connectivity index (χ2v) is 18.3. The summed E-state index contributed by atoms with van der Waals surface area (Å²) < 4.78 is 2.61. The van der Waals surface area contributed by atoms with Crippen molar-refractivity contribution in [2.24, 2.45) is 15.0 Å². The third-order valence-corrected chi connectivity index (χ3v) is 14.9. The summed E-state index contributed by atoms with van der Waals surface area (Å²) in [4.78, 5) is 19.6. The smallest absolute Gasteiger partial charge is 0.161 e. The lowest BCUT2D eigenvalue weighted by molar-refractivity contribution is 1.32. The summed E-state index contributed by atoms with van der Waals surface area (Å²) in [5.74, 6) is 1.06. The number of nitrogens with zero attached hydrogens (tertiary/aromatic N) is 4. The van der Waals surface area contributed by atoms with Gasteiger partial charge >= 0.3 is 0 Å². The molecule has 2 aromatic heterocycles. The van der Waals surface area contributed by atoms with Gasteiger partial charge in [-0.15, -0.1) is 11.3 Å². The van der Waals surface area contributed by atoms with Crippen LogP contribution in [0.2, 0.25) is 0 Å². The topological polar surface area (TPSA) is 50.0 Å². The van der Waals surface area contributed by atoms with Crippen molar-refractivity contribution < 1.29 is 0 Å². The molecule has 0 saturated heterocycles. The summed E-state index contributed by atoms with van der Waals surface area (Å²) in [6.07, 6.45) is 1.88. The fourth-order valence-electron chi connectivity index (χ4n) is 10.6. The van der Waals surface area contributed by atoms with E-state index in [9.17, 15) is 0 Å². The van der Waals surface area contributed by atoms with Gasteiger partial charge in [-0.3, -0.25) is 9.98 Å². The maximum absolute atomic E-state index is 5.22. The Kier molecular flexibility index (Phi) is 9.37. The molecule has 2 heterocycles. The van der Waals surface area contributed by atoms with E-state index in [0.29, 0.717) is 11.7 Å². The van der Waals surface area contributed by atoms with Crippen molar-refractivity contribution in [3.05, 3.63) is 224 Å². The van der Waals surface area contributed by atoms with Crippen LogP contribution in [0.15, 0.2) is 227 Å². The van der Waals surface area contributed by atoms with Crippen LogP contribution in [0.3, 0.4) is 0 Å². The molecule has 68 heavy (non-hydrogen) atoms. The number of pyridine rings is 1. The minimum atomic E-state index is 0.493. The van der Waals surface area contributed by atoms with Gasteiger partial charge in [-0.1, -0.05) is 176 Å². The molecule has 4 nitrogen and oxygen atoms in total. The number of thiophene rings is 1. The first-order valence-electron chi connectivity index (χ1n) is 22.8. The number of aromatic nitrogens is 1. The fourth-order valence-corrected chi connectivity index (χ4v) is 11.8. The summed E-state index contributed by atoms with van der Waals surface area (Å²) in [7, 11) is 1.80. The lowest BCUT2D eigenvalue weighted by Crippen LogP contribution is -2.07. The van der Waals surface area contributed by atoms with Crippen molar-refractivity contribution in [2.45, 2.75) is 0 Å². The van der Waals surface area contributed by atoms with Crippen molar-refractivity contribution in [1.29, 1.82) is 0 Å². The third-order valence-electron chi connectivity index (χ3n) is 13.7. The van der Waals surface area contributed by atoms with Crippen LogP contribution < -0.4 is 0 Å². The average Bonchev–Trinajstić information content (AvgIpc) is 3.79. The summed E-state index contributed by atoms with van der Waals surface area (Å²) in [5, 5.41) is 2.60. The minimum absolute atomic E-state index is 0.493. The zero-order valence-electron chi connectivity index (χ0n) is 37.1. The Hall–Kier alpha value is -8.64. The van der Waals surface area contributed by atoms with Gasteiger partial charge in [-0.2, -0.15) is 0 Å². The number of hydrogen-bond acceptors (Lipinski definition) is 3. The molecular formula is C63H40N4S. The van der Waals surface area contributed by atoms with E-state index in [1.807, 2.05) is 23.6 Å². The second-order valence-electron chi connectivity index (χ2n) is 17.3. The van der Waals surface area contributed by atoms with Crippen molar-refractivity contribution in [3.63, 3.8) is 0 Å². The Morgan fingerprint density at radius 1 is 0.397 bits per heavy atom. The van der Waals surface area contributed by atoms with Gasteiger partial charge in [0.05, 0.1) is 5.69 Å². The van der Waals surface area contributed by atoms with Gasteiger partial charge in [-0.05, 0) is 121 Å². The monoisotopic (exact) mass is 884 g/mol. The van der Waals surface area contributed by atoms with Crippen LogP contribution in [0.1, 0.15) is 11.1 Å². The molecule has 0 N–H and O–H groups in total. The van der Waals surface area contributed by atoms with E-state index in [1.54, 1.807) is 7.05 Å². The quantitative estimate of drug-likeness (QED) is 0.129. The molecule has 0 spiro atoms. The summed E-state index contributed by atoms with van der Waals surface area (Å²) >= 11 is 1.87. The Morgan fingerprint density at radius 2 is 0.853 bits per heavy atom. The summed E-state index contributed by atoms with van der Waals surface area (Å²) in [5.41, 5.74) is 22.3. The summed E-state index contributed by atoms with van der Waals surface area (Å²) in [6, 6.07) is 74.5. The second kappa shape index (κ2) is 16.1. The van der Waals surface area contributed by atoms with Crippen LogP contribution in [0.25, 0.3) is 120 Å². The van der Waals surface area contributed by atoms with Gasteiger partial charge < -0.3 is 0 Å². The Labute approximate surface area is 398 Å². The number of aliphatic imine (C=N–C) groups is 3. The largest absolute Gasteiger partial charge is 0.270 e. The molecule has 0 unspecified atom stereocenters. The molecule has 0 atom stereocenters. The lowest BCUT2D eigenvalue weighted by atomic mass is 9.79. The van der Waals surface area contributed by atoms with Crippen LogP contribution in [-0.2, 0) is 0 Å². The molecular weight excluding hydrogens is 845 g/mol. The maximum Gasteiger partial charge on any atom is 0.161 e. The highest BCUT2D eigenvalue weighted by atomic mass is 32.1. The van der Waals surface area contributed by atoms with Crippen molar-refractivity contribution >= 4 is 49.9 Å². The van der Waals surface area contributed by atoms with Crippen LogP contribution >= 0.6 is 11.3 Å². The molecule has 11 aromatic rings. The van der Waals surface area contributed by atoms with Crippen LogP contribution in [0.5, 0.6) is 0 Å². The molecule has 318 valence electrons. The number of rotatable bonds is 3. The van der Waals surface area contributed by atoms with Gasteiger partial charge in [0.15, 0.2) is 11.7 Å². The van der Waals surface area contributed by atoms with Gasteiger partial charge in [0.25, 0.3) is 0 Å². The SMILES string of the molecule is C=NC(=NC(=NC)c1ccc2c(c1)-c1ccccc1-c1ccccc1-c1cc(-c3cccc4c3sc3ccccc34)ccc1-2)c1ccc2c(c1)-c1ccccc1-c1ccccc1-c1ncccc1-2. The summed E-state index contributed by atoms with van der Waals surface area (Å²) in [6.45, 7) is 4.05. The van der Waals surface area contributed by atoms with Gasteiger partial charge in [0.1, 0.15) is 0 Å². The third kappa shape index (κ3) is 6.28. The number of amidine groups is 2. The van der Waals surface area contributed by atoms with E-state index in [0.717, 1.165) is 72.5 Å². The van der Waals surface area contributed by atoms with E-state index in [2.05, 4.69) is 212 Å². The van der Waals surface area contributed by atoms with E-state index < -0.39 is 0 Å². The van der Waals surface area contributed by atoms with E-state index in [4.69, 9.17) is 15.0 Å². The van der Waals surface area contributed by atoms with E-state index >= 15 is 0 Å². The number of hydrogen-bond donors (Lipinski definition) is 0. The van der Waals surface area contributed by atoms with Gasteiger partial charge in [-0.25, -0.2) is 9.98 Å². The molecule has 0 amide bonds. The van der Waals surface area contributed by atoms with Crippen molar-refractivity contribution in [2.75, 3.05) is 7.05 Å². The molecule has 0 radical (unpaired) electrons. The van der Waals surface area contributed by atoms with Crippen LogP contribution in [0, 0.1) is 0 Å². The molecule has 2 aliphatic carbocycles. The first-order chi connectivity index (χ1) is 33.6. The van der Waals surface area contributed by atoms with Crippen molar-refractivity contribution in [3.8, 4) is 100 Å². The predicted octanol–water partition coefficient (Wildman–Crippen LogP) is 16.6. The van der Waals surface area contributed by atoms with E-state index in [1.165, 1.54) is 59.1 Å².